The Morgan fingerprint density at radius 1 is 1.31 bits per heavy atom. The van der Waals surface area contributed by atoms with E-state index in [1.807, 2.05) is 0 Å². The Balaban J connectivity index is 2.99. The van der Waals surface area contributed by atoms with E-state index >= 15 is 0 Å². The molecule has 0 unspecified atom stereocenters. The van der Waals surface area contributed by atoms with E-state index in [1.54, 1.807) is 25.3 Å². The van der Waals surface area contributed by atoms with Crippen molar-refractivity contribution < 1.29 is 17.9 Å². The van der Waals surface area contributed by atoms with Crippen molar-refractivity contribution in [1.82, 2.24) is 0 Å². The Kier molecular flexibility index (Phi) is 4.58. The van der Waals surface area contributed by atoms with Crippen LogP contribution < -0.4 is 4.74 Å². The van der Waals surface area contributed by atoms with Gasteiger partial charge in [-0.05, 0) is 11.6 Å². The van der Waals surface area contributed by atoms with E-state index in [1.165, 1.54) is 7.11 Å². The Morgan fingerprint density at radius 3 is 2.50 bits per heavy atom. The van der Waals surface area contributed by atoms with Crippen molar-refractivity contribution in [3.8, 4) is 5.75 Å². The maximum atomic E-state index is 10.9. The minimum atomic E-state index is -3.54. The molecular weight excluding hydrogens is 252 g/mol. The Labute approximate surface area is 99.6 Å². The highest BCUT2D eigenvalue weighted by Crippen LogP contribution is 2.22. The van der Waals surface area contributed by atoms with Gasteiger partial charge in [-0.1, -0.05) is 12.1 Å². The van der Waals surface area contributed by atoms with Crippen molar-refractivity contribution in [3.63, 3.8) is 0 Å². The SMILES string of the molecule is COCc1ccc(CS(=O)(=O)Cl)cc1OC. The van der Waals surface area contributed by atoms with Gasteiger partial charge in [-0.2, -0.15) is 0 Å². The molecule has 4 nitrogen and oxygen atoms in total. The van der Waals surface area contributed by atoms with Crippen LogP contribution in [0.2, 0.25) is 0 Å². The van der Waals surface area contributed by atoms with Gasteiger partial charge in [0.05, 0.1) is 19.5 Å². The molecule has 0 fully saturated rings. The normalized spacial score (nSPS) is 11.4. The first-order chi connectivity index (χ1) is 7.46. The molecule has 0 aliphatic carbocycles. The van der Waals surface area contributed by atoms with Crippen molar-refractivity contribution in [2.45, 2.75) is 12.4 Å². The second-order valence-electron chi connectivity index (χ2n) is 3.26. The third-order valence-electron chi connectivity index (χ3n) is 1.99. The van der Waals surface area contributed by atoms with Gasteiger partial charge in [-0.25, -0.2) is 8.42 Å². The number of hydrogen-bond acceptors (Lipinski definition) is 4. The first-order valence-electron chi connectivity index (χ1n) is 4.53. The van der Waals surface area contributed by atoms with E-state index in [0.29, 0.717) is 17.9 Å². The molecular formula is C10H13ClO4S. The molecule has 0 saturated carbocycles. The fraction of sp³-hybridized carbons (Fsp3) is 0.400. The first-order valence-corrected chi connectivity index (χ1v) is 7.01. The molecule has 0 bridgehead atoms. The van der Waals surface area contributed by atoms with Gasteiger partial charge < -0.3 is 9.47 Å². The van der Waals surface area contributed by atoms with Gasteiger partial charge in [0.25, 0.3) is 0 Å². The summed E-state index contributed by atoms with van der Waals surface area (Å²) in [7, 11) is 4.73. The molecule has 0 aromatic heterocycles. The quantitative estimate of drug-likeness (QED) is 0.763. The highest BCUT2D eigenvalue weighted by atomic mass is 35.7. The summed E-state index contributed by atoms with van der Waals surface area (Å²) in [5, 5.41) is 0. The Bertz CT molecular complexity index is 456. The molecule has 6 heteroatoms. The van der Waals surface area contributed by atoms with Crippen LogP contribution in [-0.2, 0) is 26.1 Å². The van der Waals surface area contributed by atoms with Gasteiger partial charge in [0, 0.05) is 23.4 Å². The molecule has 0 radical (unpaired) electrons. The summed E-state index contributed by atoms with van der Waals surface area (Å²) in [4.78, 5) is 0. The number of halogens is 1. The van der Waals surface area contributed by atoms with Crippen LogP contribution in [0, 0.1) is 0 Å². The highest BCUT2D eigenvalue weighted by molar-refractivity contribution is 8.13. The molecule has 0 amide bonds. The predicted octanol–water partition coefficient (Wildman–Crippen LogP) is 1.91. The lowest BCUT2D eigenvalue weighted by Gasteiger charge is -2.09. The maximum absolute atomic E-state index is 10.9. The summed E-state index contributed by atoms with van der Waals surface area (Å²) in [6, 6.07) is 5.10. The molecule has 1 rings (SSSR count). The average molecular weight is 265 g/mol. The third-order valence-corrected chi connectivity index (χ3v) is 3.00. The van der Waals surface area contributed by atoms with Crippen LogP contribution in [0.4, 0.5) is 0 Å². The summed E-state index contributed by atoms with van der Waals surface area (Å²) < 4.78 is 31.9. The molecule has 0 atom stereocenters. The lowest BCUT2D eigenvalue weighted by molar-refractivity contribution is 0.181. The fourth-order valence-electron chi connectivity index (χ4n) is 1.35. The number of hydrogen-bond donors (Lipinski definition) is 0. The minimum absolute atomic E-state index is 0.210. The van der Waals surface area contributed by atoms with Gasteiger partial charge in [0.2, 0.25) is 9.05 Å². The lowest BCUT2D eigenvalue weighted by atomic mass is 10.1. The van der Waals surface area contributed by atoms with Gasteiger partial charge >= 0.3 is 0 Å². The molecule has 0 spiro atoms. The van der Waals surface area contributed by atoms with E-state index in [0.717, 1.165) is 5.56 Å². The Morgan fingerprint density at radius 2 is 2.00 bits per heavy atom. The van der Waals surface area contributed by atoms with Crippen LogP contribution in [0.5, 0.6) is 5.75 Å². The zero-order chi connectivity index (χ0) is 12.2. The van der Waals surface area contributed by atoms with Crippen molar-refractivity contribution in [3.05, 3.63) is 29.3 Å². The van der Waals surface area contributed by atoms with Crippen molar-refractivity contribution in [2.75, 3.05) is 14.2 Å². The second kappa shape index (κ2) is 5.52. The van der Waals surface area contributed by atoms with Crippen molar-refractivity contribution in [1.29, 1.82) is 0 Å². The lowest BCUT2D eigenvalue weighted by Crippen LogP contribution is -1.99. The molecule has 1 aromatic rings. The maximum Gasteiger partial charge on any atom is 0.236 e. The summed E-state index contributed by atoms with van der Waals surface area (Å²) in [6.07, 6.45) is 0. The molecule has 16 heavy (non-hydrogen) atoms. The van der Waals surface area contributed by atoms with E-state index in [-0.39, 0.29) is 5.75 Å². The van der Waals surface area contributed by atoms with E-state index in [9.17, 15) is 8.42 Å². The molecule has 90 valence electrons. The molecule has 0 aliphatic rings. The summed E-state index contributed by atoms with van der Waals surface area (Å²) in [5.41, 5.74) is 1.45. The topological polar surface area (TPSA) is 52.6 Å². The molecule has 0 saturated heterocycles. The average Bonchev–Trinajstić information content (AvgIpc) is 2.18. The van der Waals surface area contributed by atoms with Crippen LogP contribution in [0.15, 0.2) is 18.2 Å². The molecule has 0 N–H and O–H groups in total. The fourth-order valence-corrected chi connectivity index (χ4v) is 2.31. The monoisotopic (exact) mass is 264 g/mol. The van der Waals surface area contributed by atoms with Crippen LogP contribution in [0.25, 0.3) is 0 Å². The Hall–Kier alpha value is -0.780. The zero-order valence-corrected chi connectivity index (χ0v) is 10.6. The number of ether oxygens (including phenoxy) is 2. The summed E-state index contributed by atoms with van der Waals surface area (Å²) in [6.45, 7) is 0.414. The summed E-state index contributed by atoms with van der Waals surface area (Å²) >= 11 is 0. The molecule has 0 heterocycles. The first kappa shape index (κ1) is 13.3. The van der Waals surface area contributed by atoms with E-state index in [2.05, 4.69) is 0 Å². The molecule has 1 aromatic carbocycles. The van der Waals surface area contributed by atoms with Gasteiger partial charge in [0.1, 0.15) is 5.75 Å². The number of benzene rings is 1. The van der Waals surface area contributed by atoms with Crippen molar-refractivity contribution in [2.24, 2.45) is 0 Å². The number of rotatable bonds is 5. The van der Waals surface area contributed by atoms with Gasteiger partial charge in [-0.3, -0.25) is 0 Å². The van der Waals surface area contributed by atoms with Crippen LogP contribution in [0.3, 0.4) is 0 Å². The summed E-state index contributed by atoms with van der Waals surface area (Å²) in [5.74, 6) is 0.387. The van der Waals surface area contributed by atoms with Gasteiger partial charge in [0.15, 0.2) is 0 Å². The van der Waals surface area contributed by atoms with E-state index in [4.69, 9.17) is 20.2 Å². The minimum Gasteiger partial charge on any atom is -0.496 e. The standard InChI is InChI=1S/C10H13ClO4S/c1-14-6-9-4-3-8(5-10(9)15-2)7-16(11,12)13/h3-5H,6-7H2,1-2H3. The zero-order valence-electron chi connectivity index (χ0n) is 9.07. The van der Waals surface area contributed by atoms with Crippen LogP contribution in [0.1, 0.15) is 11.1 Å². The second-order valence-corrected chi connectivity index (χ2v) is 6.04. The van der Waals surface area contributed by atoms with Crippen molar-refractivity contribution >= 4 is 19.7 Å². The number of methoxy groups -OCH3 is 2. The highest BCUT2D eigenvalue weighted by Gasteiger charge is 2.10. The smallest absolute Gasteiger partial charge is 0.236 e. The third kappa shape index (κ3) is 4.00. The van der Waals surface area contributed by atoms with E-state index < -0.39 is 9.05 Å². The van der Waals surface area contributed by atoms with Crippen LogP contribution >= 0.6 is 10.7 Å². The predicted molar refractivity (Wildman–Crippen MR) is 62.2 cm³/mol. The largest absolute Gasteiger partial charge is 0.496 e. The van der Waals surface area contributed by atoms with Gasteiger partial charge in [-0.15, -0.1) is 0 Å². The van der Waals surface area contributed by atoms with Crippen LogP contribution in [-0.4, -0.2) is 22.6 Å². The molecule has 0 aliphatic heterocycles.